The minimum absolute atomic E-state index is 0.0206. The number of carbonyl (C=O) groups excluding carboxylic acids is 1. The maximum absolute atomic E-state index is 12.9. The van der Waals surface area contributed by atoms with Crippen LogP contribution in [0.2, 0.25) is 0 Å². The Bertz CT molecular complexity index is 133. The zero-order valence-electron chi connectivity index (χ0n) is 6.27. The molecule has 0 saturated heterocycles. The Hall–Kier alpha value is -0.400. The van der Waals surface area contributed by atoms with Gasteiger partial charge in [-0.05, 0) is 19.8 Å². The van der Waals surface area contributed by atoms with Crippen LogP contribution < -0.4 is 0 Å². The van der Waals surface area contributed by atoms with Gasteiger partial charge in [-0.2, -0.15) is 0 Å². The van der Waals surface area contributed by atoms with E-state index < -0.39 is 6.17 Å². The predicted octanol–water partition coefficient (Wildman–Crippen LogP) is 2.10. The van der Waals surface area contributed by atoms with Gasteiger partial charge >= 0.3 is 0 Å². The zero-order chi connectivity index (χ0) is 7.56. The molecule has 2 unspecified atom stereocenters. The van der Waals surface area contributed by atoms with Crippen LogP contribution in [0.25, 0.3) is 0 Å². The molecular formula is C8H13FO. The van der Waals surface area contributed by atoms with Crippen molar-refractivity contribution in [1.29, 1.82) is 0 Å². The molecule has 0 aliphatic heterocycles. The van der Waals surface area contributed by atoms with Gasteiger partial charge < -0.3 is 0 Å². The Morgan fingerprint density at radius 1 is 1.40 bits per heavy atom. The number of alkyl halides is 1. The van der Waals surface area contributed by atoms with Gasteiger partial charge in [-0.25, -0.2) is 4.39 Å². The molecule has 1 saturated carbocycles. The predicted molar refractivity (Wildman–Crippen MR) is 37.5 cm³/mol. The number of rotatable bonds is 1. The molecule has 1 nitrogen and oxygen atoms in total. The number of hydrogen-bond donors (Lipinski definition) is 0. The van der Waals surface area contributed by atoms with Crippen LogP contribution >= 0.6 is 0 Å². The maximum Gasteiger partial charge on any atom is 0.135 e. The molecule has 0 aromatic rings. The van der Waals surface area contributed by atoms with Crippen molar-refractivity contribution in [3.8, 4) is 0 Å². The van der Waals surface area contributed by atoms with Crippen molar-refractivity contribution in [3.63, 3.8) is 0 Å². The number of Topliss-reactive ketones (excluding diaryl/α,β-unsaturated/α-hetero) is 1. The van der Waals surface area contributed by atoms with Gasteiger partial charge in [0.15, 0.2) is 0 Å². The SMILES string of the molecule is CC(=O)C1CCCCC1F. The highest BCUT2D eigenvalue weighted by molar-refractivity contribution is 5.78. The van der Waals surface area contributed by atoms with Crippen LogP contribution in [0.5, 0.6) is 0 Å². The molecule has 0 aromatic heterocycles. The summed E-state index contributed by atoms with van der Waals surface area (Å²) in [7, 11) is 0. The van der Waals surface area contributed by atoms with E-state index in [0.29, 0.717) is 6.42 Å². The molecule has 0 spiro atoms. The molecule has 2 atom stereocenters. The summed E-state index contributed by atoms with van der Waals surface area (Å²) in [5.41, 5.74) is 0. The van der Waals surface area contributed by atoms with Gasteiger partial charge in [-0.1, -0.05) is 12.8 Å². The van der Waals surface area contributed by atoms with E-state index in [1.165, 1.54) is 6.92 Å². The van der Waals surface area contributed by atoms with Gasteiger partial charge in [0.1, 0.15) is 12.0 Å². The number of ketones is 1. The van der Waals surface area contributed by atoms with Crippen LogP contribution in [0.1, 0.15) is 32.6 Å². The van der Waals surface area contributed by atoms with Gasteiger partial charge in [-0.3, -0.25) is 4.79 Å². The smallest absolute Gasteiger partial charge is 0.135 e. The monoisotopic (exact) mass is 144 g/mol. The summed E-state index contributed by atoms with van der Waals surface area (Å²) in [5.74, 6) is -0.263. The van der Waals surface area contributed by atoms with Gasteiger partial charge in [0.25, 0.3) is 0 Å². The second kappa shape index (κ2) is 3.13. The van der Waals surface area contributed by atoms with Gasteiger partial charge in [-0.15, -0.1) is 0 Å². The third-order valence-corrected chi connectivity index (χ3v) is 2.20. The summed E-state index contributed by atoms with van der Waals surface area (Å²) in [6, 6.07) is 0. The van der Waals surface area contributed by atoms with Crippen LogP contribution in [0.15, 0.2) is 0 Å². The molecular weight excluding hydrogens is 131 g/mol. The molecule has 0 heterocycles. The molecule has 1 fully saturated rings. The minimum Gasteiger partial charge on any atom is -0.300 e. The van der Waals surface area contributed by atoms with Crippen LogP contribution in [0.3, 0.4) is 0 Å². The third-order valence-electron chi connectivity index (χ3n) is 2.20. The largest absolute Gasteiger partial charge is 0.300 e. The first-order chi connectivity index (χ1) is 4.72. The number of halogens is 1. The van der Waals surface area contributed by atoms with E-state index in [-0.39, 0.29) is 11.7 Å². The molecule has 0 N–H and O–H groups in total. The van der Waals surface area contributed by atoms with E-state index in [4.69, 9.17) is 0 Å². The van der Waals surface area contributed by atoms with Crippen molar-refractivity contribution in [2.45, 2.75) is 38.8 Å². The Morgan fingerprint density at radius 2 is 2.00 bits per heavy atom. The first-order valence-electron chi connectivity index (χ1n) is 3.86. The standard InChI is InChI=1S/C8H13FO/c1-6(10)7-4-2-3-5-8(7)9/h7-8H,2-5H2,1H3. The van der Waals surface area contributed by atoms with Crippen LogP contribution in [-0.4, -0.2) is 12.0 Å². The fourth-order valence-corrected chi connectivity index (χ4v) is 1.54. The first-order valence-corrected chi connectivity index (χ1v) is 3.86. The Labute approximate surface area is 60.6 Å². The molecule has 0 amide bonds. The number of hydrogen-bond acceptors (Lipinski definition) is 1. The fraction of sp³-hybridized carbons (Fsp3) is 0.875. The summed E-state index contributed by atoms with van der Waals surface area (Å²) in [5, 5.41) is 0. The van der Waals surface area contributed by atoms with Gasteiger partial charge in [0, 0.05) is 5.92 Å². The summed E-state index contributed by atoms with van der Waals surface area (Å²) in [6.45, 7) is 1.49. The minimum atomic E-state index is -0.855. The highest BCUT2D eigenvalue weighted by Crippen LogP contribution is 2.27. The van der Waals surface area contributed by atoms with Crippen LogP contribution in [0, 0.1) is 5.92 Å². The van der Waals surface area contributed by atoms with E-state index in [9.17, 15) is 9.18 Å². The Kier molecular flexibility index (Phi) is 2.41. The van der Waals surface area contributed by atoms with E-state index in [1.807, 2.05) is 0 Å². The van der Waals surface area contributed by atoms with Gasteiger partial charge in [0.05, 0.1) is 0 Å². The molecule has 1 aliphatic carbocycles. The number of carbonyl (C=O) groups is 1. The first kappa shape index (κ1) is 7.70. The summed E-state index contributed by atoms with van der Waals surface area (Å²) < 4.78 is 12.9. The van der Waals surface area contributed by atoms with Crippen molar-refractivity contribution in [1.82, 2.24) is 0 Å². The lowest BCUT2D eigenvalue weighted by atomic mass is 9.85. The molecule has 1 aliphatic rings. The zero-order valence-corrected chi connectivity index (χ0v) is 6.27. The quantitative estimate of drug-likeness (QED) is 0.550. The van der Waals surface area contributed by atoms with E-state index in [1.54, 1.807) is 0 Å². The van der Waals surface area contributed by atoms with Crippen LogP contribution in [0.4, 0.5) is 4.39 Å². The molecule has 10 heavy (non-hydrogen) atoms. The fourth-order valence-electron chi connectivity index (χ4n) is 1.54. The van der Waals surface area contributed by atoms with E-state index in [0.717, 1.165) is 19.3 Å². The Balaban J connectivity index is 2.47. The highest BCUT2D eigenvalue weighted by Gasteiger charge is 2.27. The third kappa shape index (κ3) is 1.55. The highest BCUT2D eigenvalue weighted by atomic mass is 19.1. The maximum atomic E-state index is 12.9. The van der Waals surface area contributed by atoms with Crippen molar-refractivity contribution >= 4 is 5.78 Å². The Morgan fingerprint density at radius 3 is 2.40 bits per heavy atom. The summed E-state index contributed by atoms with van der Waals surface area (Å²) in [6.07, 6.45) is 2.46. The van der Waals surface area contributed by atoms with Gasteiger partial charge in [0.2, 0.25) is 0 Å². The van der Waals surface area contributed by atoms with E-state index in [2.05, 4.69) is 0 Å². The lowest BCUT2D eigenvalue weighted by Crippen LogP contribution is -2.26. The lowest BCUT2D eigenvalue weighted by molar-refractivity contribution is -0.123. The van der Waals surface area contributed by atoms with Crippen molar-refractivity contribution in [2.24, 2.45) is 5.92 Å². The van der Waals surface area contributed by atoms with E-state index >= 15 is 0 Å². The molecule has 1 rings (SSSR count). The van der Waals surface area contributed by atoms with Crippen molar-refractivity contribution in [3.05, 3.63) is 0 Å². The molecule has 2 heteroatoms. The second-order valence-electron chi connectivity index (χ2n) is 3.02. The molecule has 58 valence electrons. The average Bonchev–Trinajstić information content (AvgIpc) is 1.88. The normalized spacial score (nSPS) is 33.8. The molecule has 0 aromatic carbocycles. The average molecular weight is 144 g/mol. The lowest BCUT2D eigenvalue weighted by Gasteiger charge is -2.22. The van der Waals surface area contributed by atoms with Crippen LogP contribution in [-0.2, 0) is 4.79 Å². The molecule has 0 radical (unpaired) electrons. The second-order valence-corrected chi connectivity index (χ2v) is 3.02. The summed E-state index contributed by atoms with van der Waals surface area (Å²) in [4.78, 5) is 10.8. The molecule has 0 bridgehead atoms. The van der Waals surface area contributed by atoms with Crippen molar-refractivity contribution < 1.29 is 9.18 Å². The topological polar surface area (TPSA) is 17.1 Å². The van der Waals surface area contributed by atoms with Crippen molar-refractivity contribution in [2.75, 3.05) is 0 Å². The summed E-state index contributed by atoms with van der Waals surface area (Å²) >= 11 is 0.